The number of likely N-dealkylation sites (N-methyl/N-ethyl adjacent to an activating group) is 1. The molecule has 0 bridgehead atoms. The van der Waals surface area contributed by atoms with Crippen molar-refractivity contribution in [2.75, 3.05) is 25.0 Å². The zero-order valence-corrected chi connectivity index (χ0v) is 15.7. The predicted octanol–water partition coefficient (Wildman–Crippen LogP) is 4.03. The third-order valence-electron chi connectivity index (χ3n) is 6.32. The third kappa shape index (κ3) is 3.04. The molecule has 0 radical (unpaired) electrons. The minimum atomic E-state index is -0.450. The summed E-state index contributed by atoms with van der Waals surface area (Å²) in [4.78, 5) is 2.48. The van der Waals surface area contributed by atoms with Gasteiger partial charge < -0.3 is 15.3 Å². The van der Waals surface area contributed by atoms with Crippen molar-refractivity contribution in [1.29, 1.82) is 0 Å². The van der Waals surface area contributed by atoms with Crippen LogP contribution in [0.5, 0.6) is 0 Å². The van der Waals surface area contributed by atoms with Crippen LogP contribution in [-0.4, -0.2) is 31.3 Å². The lowest BCUT2D eigenvalue weighted by Gasteiger charge is -2.38. The fraction of sp³-hybridized carbons (Fsp3) is 0.478. The van der Waals surface area contributed by atoms with E-state index >= 15 is 0 Å². The van der Waals surface area contributed by atoms with Gasteiger partial charge in [0.25, 0.3) is 0 Å². The van der Waals surface area contributed by atoms with Gasteiger partial charge in [0.1, 0.15) is 0 Å². The molecule has 1 aliphatic carbocycles. The Bertz CT molecular complexity index is 724. The monoisotopic (exact) mass is 350 g/mol. The third-order valence-corrected chi connectivity index (χ3v) is 6.32. The number of rotatable bonds is 5. The van der Waals surface area contributed by atoms with Gasteiger partial charge in [-0.1, -0.05) is 67.8 Å². The Morgan fingerprint density at radius 2 is 1.69 bits per heavy atom. The molecule has 3 heteroatoms. The first-order valence-electron chi connectivity index (χ1n) is 9.99. The molecule has 26 heavy (non-hydrogen) atoms. The van der Waals surface area contributed by atoms with Gasteiger partial charge in [0.2, 0.25) is 0 Å². The molecule has 1 heterocycles. The first-order valence-corrected chi connectivity index (χ1v) is 9.99. The van der Waals surface area contributed by atoms with Gasteiger partial charge >= 0.3 is 0 Å². The molecule has 2 aromatic rings. The van der Waals surface area contributed by atoms with Crippen LogP contribution >= 0.6 is 0 Å². The van der Waals surface area contributed by atoms with Crippen molar-refractivity contribution < 1.29 is 5.11 Å². The maximum Gasteiger partial charge on any atom is 0.0909 e. The standard InChI is InChI=1S/C23H30N2O/c1-24-16-21(26)22(18-10-4-2-5-11-18)25-17-23(14-8-3-9-15-23)19-12-6-7-13-20(19)25/h2,4-7,10-13,21-22,24,26H,3,8-9,14-17H2,1H3. The number of anilines is 1. The molecule has 1 fully saturated rings. The molecule has 1 spiro atoms. The van der Waals surface area contributed by atoms with Gasteiger partial charge in [-0.2, -0.15) is 0 Å². The number of nitrogens with one attached hydrogen (secondary N) is 1. The van der Waals surface area contributed by atoms with Crippen molar-refractivity contribution in [2.45, 2.75) is 49.7 Å². The van der Waals surface area contributed by atoms with E-state index in [4.69, 9.17) is 0 Å². The SMILES string of the molecule is CNCC(O)C(c1ccccc1)N1CC2(CCCCC2)c2ccccc21. The Morgan fingerprint density at radius 3 is 2.42 bits per heavy atom. The summed E-state index contributed by atoms with van der Waals surface area (Å²) in [6.45, 7) is 1.61. The van der Waals surface area contributed by atoms with Crippen molar-refractivity contribution in [3.05, 3.63) is 65.7 Å². The highest BCUT2D eigenvalue weighted by atomic mass is 16.3. The number of aliphatic hydroxyl groups excluding tert-OH is 1. The Morgan fingerprint density at radius 1 is 1.00 bits per heavy atom. The molecule has 0 saturated heterocycles. The van der Waals surface area contributed by atoms with E-state index in [1.54, 1.807) is 0 Å². The van der Waals surface area contributed by atoms with Crippen LogP contribution in [0.1, 0.15) is 49.3 Å². The van der Waals surface area contributed by atoms with Gasteiger partial charge in [-0.25, -0.2) is 0 Å². The lowest BCUT2D eigenvalue weighted by molar-refractivity contribution is 0.138. The summed E-state index contributed by atoms with van der Waals surface area (Å²) in [5.41, 5.74) is 4.27. The summed E-state index contributed by atoms with van der Waals surface area (Å²) in [5.74, 6) is 0. The topological polar surface area (TPSA) is 35.5 Å². The van der Waals surface area contributed by atoms with E-state index in [1.165, 1.54) is 48.9 Å². The fourth-order valence-electron chi connectivity index (χ4n) is 5.15. The zero-order chi connectivity index (χ0) is 18.0. The summed E-state index contributed by atoms with van der Waals surface area (Å²) in [6.07, 6.45) is 6.08. The van der Waals surface area contributed by atoms with E-state index in [1.807, 2.05) is 13.1 Å². The van der Waals surface area contributed by atoms with Gasteiger partial charge in [-0.3, -0.25) is 0 Å². The van der Waals surface area contributed by atoms with Crippen molar-refractivity contribution in [1.82, 2.24) is 5.32 Å². The number of aliphatic hydroxyl groups is 1. The van der Waals surface area contributed by atoms with E-state index in [0.29, 0.717) is 6.54 Å². The second-order valence-corrected chi connectivity index (χ2v) is 7.97. The number of hydrogen-bond acceptors (Lipinski definition) is 3. The molecule has 2 atom stereocenters. The number of benzene rings is 2. The molecule has 2 aliphatic rings. The van der Waals surface area contributed by atoms with Gasteiger partial charge in [0.15, 0.2) is 0 Å². The molecule has 138 valence electrons. The molecular formula is C23H30N2O. The molecule has 0 aromatic heterocycles. The molecule has 2 N–H and O–H groups in total. The van der Waals surface area contributed by atoms with Gasteiger partial charge in [0.05, 0.1) is 12.1 Å². The normalized spacial score (nSPS) is 20.8. The van der Waals surface area contributed by atoms with E-state index in [0.717, 1.165) is 6.54 Å². The molecular weight excluding hydrogens is 320 g/mol. The summed E-state index contributed by atoms with van der Waals surface area (Å²) in [6, 6.07) is 19.4. The number of fused-ring (bicyclic) bond motifs is 2. The second kappa shape index (κ2) is 7.42. The van der Waals surface area contributed by atoms with Crippen molar-refractivity contribution in [3.8, 4) is 0 Å². The lowest BCUT2D eigenvalue weighted by atomic mass is 9.71. The molecule has 1 aliphatic heterocycles. The maximum absolute atomic E-state index is 11.0. The van der Waals surface area contributed by atoms with Crippen LogP contribution in [0.25, 0.3) is 0 Å². The first kappa shape index (κ1) is 17.6. The van der Waals surface area contributed by atoms with Gasteiger partial charge in [0, 0.05) is 24.2 Å². The first-order chi connectivity index (χ1) is 12.7. The minimum absolute atomic E-state index is 0.0221. The Labute approximate surface area is 157 Å². The number of nitrogens with zero attached hydrogens (tertiary/aromatic N) is 1. The van der Waals surface area contributed by atoms with Crippen LogP contribution < -0.4 is 10.2 Å². The Kier molecular flexibility index (Phi) is 5.01. The molecule has 4 rings (SSSR count). The Balaban J connectivity index is 1.76. The predicted molar refractivity (Wildman–Crippen MR) is 108 cm³/mol. The van der Waals surface area contributed by atoms with E-state index < -0.39 is 6.10 Å². The van der Waals surface area contributed by atoms with Crippen LogP contribution in [-0.2, 0) is 5.41 Å². The van der Waals surface area contributed by atoms with Gasteiger partial charge in [-0.05, 0) is 37.1 Å². The summed E-state index contributed by atoms with van der Waals surface area (Å²) in [7, 11) is 1.91. The highest BCUT2D eigenvalue weighted by Crippen LogP contribution is 2.51. The van der Waals surface area contributed by atoms with E-state index in [-0.39, 0.29) is 11.5 Å². The van der Waals surface area contributed by atoms with E-state index in [9.17, 15) is 5.11 Å². The maximum atomic E-state index is 11.0. The Hall–Kier alpha value is -1.84. The van der Waals surface area contributed by atoms with Crippen LogP contribution in [0.3, 0.4) is 0 Å². The highest BCUT2D eigenvalue weighted by molar-refractivity contribution is 5.64. The summed E-state index contributed by atoms with van der Waals surface area (Å²) < 4.78 is 0. The number of para-hydroxylation sites is 1. The molecule has 2 aromatic carbocycles. The average Bonchev–Trinajstić information content (AvgIpc) is 2.98. The smallest absolute Gasteiger partial charge is 0.0909 e. The summed E-state index contributed by atoms with van der Waals surface area (Å²) in [5, 5.41) is 14.2. The van der Waals surface area contributed by atoms with Crippen LogP contribution in [0, 0.1) is 0 Å². The van der Waals surface area contributed by atoms with Crippen LogP contribution in [0.15, 0.2) is 54.6 Å². The number of hydrogen-bond donors (Lipinski definition) is 2. The quantitative estimate of drug-likeness (QED) is 0.855. The fourth-order valence-corrected chi connectivity index (χ4v) is 5.15. The molecule has 0 amide bonds. The van der Waals surface area contributed by atoms with E-state index in [2.05, 4.69) is 58.7 Å². The largest absolute Gasteiger partial charge is 0.389 e. The average molecular weight is 351 g/mol. The zero-order valence-electron chi connectivity index (χ0n) is 15.7. The highest BCUT2D eigenvalue weighted by Gasteiger charge is 2.46. The molecule has 2 unspecified atom stereocenters. The summed E-state index contributed by atoms with van der Waals surface area (Å²) >= 11 is 0. The molecule has 3 nitrogen and oxygen atoms in total. The van der Waals surface area contributed by atoms with Crippen LogP contribution in [0.4, 0.5) is 5.69 Å². The molecule has 1 saturated carbocycles. The lowest BCUT2D eigenvalue weighted by Crippen LogP contribution is -2.43. The van der Waals surface area contributed by atoms with Gasteiger partial charge in [-0.15, -0.1) is 0 Å². The van der Waals surface area contributed by atoms with Crippen LogP contribution in [0.2, 0.25) is 0 Å². The van der Waals surface area contributed by atoms with Crippen molar-refractivity contribution in [2.24, 2.45) is 0 Å². The second-order valence-electron chi connectivity index (χ2n) is 7.97. The van der Waals surface area contributed by atoms with Crippen molar-refractivity contribution in [3.63, 3.8) is 0 Å². The minimum Gasteiger partial charge on any atom is -0.389 e. The van der Waals surface area contributed by atoms with Crippen molar-refractivity contribution >= 4 is 5.69 Å².